The third kappa shape index (κ3) is 3.22. The summed E-state index contributed by atoms with van der Waals surface area (Å²) in [6.07, 6.45) is 1.62. The maximum absolute atomic E-state index is 5.55. The lowest BCUT2D eigenvalue weighted by Gasteiger charge is -2.02. The Bertz CT molecular complexity index is 675. The molecule has 0 aliphatic carbocycles. The van der Waals surface area contributed by atoms with E-state index in [1.807, 2.05) is 43.3 Å². The number of rotatable bonds is 6. The zero-order valence-electron chi connectivity index (χ0n) is 11.6. The minimum Gasteiger partial charge on any atom is -0.494 e. The Morgan fingerprint density at radius 2 is 2.00 bits per heavy atom. The van der Waals surface area contributed by atoms with Crippen molar-refractivity contribution in [3.8, 4) is 17.2 Å². The molecular weight excluding hydrogens is 270 g/mol. The SMILES string of the molecule is CCOc1ccc(-c2nnc(NCc3ccco3)o2)cc1. The third-order valence-electron chi connectivity index (χ3n) is 2.83. The molecule has 6 nitrogen and oxygen atoms in total. The van der Waals surface area contributed by atoms with Gasteiger partial charge in [-0.25, -0.2) is 0 Å². The number of aromatic nitrogens is 2. The predicted octanol–water partition coefficient (Wildman–Crippen LogP) is 3.34. The van der Waals surface area contributed by atoms with Crippen molar-refractivity contribution in [3.05, 3.63) is 48.4 Å². The van der Waals surface area contributed by atoms with Crippen molar-refractivity contribution in [1.29, 1.82) is 0 Å². The van der Waals surface area contributed by atoms with Gasteiger partial charge in [-0.3, -0.25) is 0 Å². The first kappa shape index (κ1) is 13.2. The van der Waals surface area contributed by atoms with Gasteiger partial charge in [0.05, 0.1) is 19.4 Å². The Balaban J connectivity index is 1.66. The summed E-state index contributed by atoms with van der Waals surface area (Å²) in [5.41, 5.74) is 0.844. The topological polar surface area (TPSA) is 73.3 Å². The maximum Gasteiger partial charge on any atom is 0.316 e. The van der Waals surface area contributed by atoms with Gasteiger partial charge in [0.1, 0.15) is 11.5 Å². The molecule has 1 N–H and O–H groups in total. The second kappa shape index (κ2) is 6.13. The summed E-state index contributed by atoms with van der Waals surface area (Å²) < 4.78 is 16.2. The van der Waals surface area contributed by atoms with Crippen LogP contribution in [-0.4, -0.2) is 16.8 Å². The average Bonchev–Trinajstić information content (AvgIpc) is 3.18. The molecule has 2 heterocycles. The van der Waals surface area contributed by atoms with Gasteiger partial charge in [-0.2, -0.15) is 0 Å². The fourth-order valence-electron chi connectivity index (χ4n) is 1.85. The highest BCUT2D eigenvalue weighted by atomic mass is 16.5. The van der Waals surface area contributed by atoms with Crippen molar-refractivity contribution in [2.45, 2.75) is 13.5 Å². The molecule has 0 fully saturated rings. The van der Waals surface area contributed by atoms with E-state index in [0.717, 1.165) is 17.1 Å². The molecule has 0 aliphatic heterocycles. The summed E-state index contributed by atoms with van der Waals surface area (Å²) in [6.45, 7) is 3.08. The summed E-state index contributed by atoms with van der Waals surface area (Å²) in [5.74, 6) is 2.08. The molecule has 0 bridgehead atoms. The van der Waals surface area contributed by atoms with Crippen LogP contribution < -0.4 is 10.1 Å². The van der Waals surface area contributed by atoms with Crippen LogP contribution in [0.4, 0.5) is 6.01 Å². The van der Waals surface area contributed by atoms with E-state index in [2.05, 4.69) is 15.5 Å². The second-order valence-electron chi connectivity index (χ2n) is 4.30. The molecule has 3 aromatic rings. The van der Waals surface area contributed by atoms with E-state index in [1.54, 1.807) is 6.26 Å². The zero-order valence-corrected chi connectivity index (χ0v) is 11.6. The molecule has 0 unspecified atom stereocenters. The highest BCUT2D eigenvalue weighted by molar-refractivity contribution is 5.54. The predicted molar refractivity (Wildman–Crippen MR) is 76.9 cm³/mol. The summed E-state index contributed by atoms with van der Waals surface area (Å²) in [5, 5.41) is 11.0. The molecule has 0 atom stereocenters. The minimum atomic E-state index is 0.357. The molecule has 1 aromatic carbocycles. The molecule has 2 aromatic heterocycles. The van der Waals surface area contributed by atoms with Gasteiger partial charge in [-0.1, -0.05) is 5.10 Å². The first-order chi connectivity index (χ1) is 10.3. The number of nitrogens with one attached hydrogen (secondary N) is 1. The minimum absolute atomic E-state index is 0.357. The van der Waals surface area contributed by atoms with Crippen LogP contribution in [0.25, 0.3) is 11.5 Å². The Morgan fingerprint density at radius 3 is 2.71 bits per heavy atom. The lowest BCUT2D eigenvalue weighted by atomic mass is 10.2. The number of furan rings is 1. The normalized spacial score (nSPS) is 10.5. The van der Waals surface area contributed by atoms with Crippen molar-refractivity contribution in [3.63, 3.8) is 0 Å². The van der Waals surface area contributed by atoms with E-state index in [0.29, 0.717) is 25.1 Å². The molecule has 0 amide bonds. The number of hydrogen-bond acceptors (Lipinski definition) is 6. The monoisotopic (exact) mass is 285 g/mol. The fourth-order valence-corrected chi connectivity index (χ4v) is 1.85. The van der Waals surface area contributed by atoms with Crippen LogP contribution in [-0.2, 0) is 6.54 Å². The summed E-state index contributed by atoms with van der Waals surface area (Å²) >= 11 is 0. The number of hydrogen-bond donors (Lipinski definition) is 1. The first-order valence-electron chi connectivity index (χ1n) is 6.68. The first-order valence-corrected chi connectivity index (χ1v) is 6.68. The van der Waals surface area contributed by atoms with E-state index >= 15 is 0 Å². The molecule has 108 valence electrons. The van der Waals surface area contributed by atoms with E-state index in [1.165, 1.54) is 0 Å². The van der Waals surface area contributed by atoms with Crippen LogP contribution in [0.3, 0.4) is 0 Å². The van der Waals surface area contributed by atoms with Gasteiger partial charge in [-0.15, -0.1) is 5.10 Å². The van der Waals surface area contributed by atoms with Gasteiger partial charge in [-0.05, 0) is 43.3 Å². The highest BCUT2D eigenvalue weighted by Crippen LogP contribution is 2.22. The molecule has 0 saturated carbocycles. The van der Waals surface area contributed by atoms with E-state index in [4.69, 9.17) is 13.6 Å². The number of nitrogens with zero attached hydrogens (tertiary/aromatic N) is 2. The summed E-state index contributed by atoms with van der Waals surface area (Å²) in [4.78, 5) is 0. The molecule has 3 rings (SSSR count). The maximum atomic E-state index is 5.55. The highest BCUT2D eigenvalue weighted by Gasteiger charge is 2.08. The van der Waals surface area contributed by atoms with Crippen LogP contribution in [0.15, 0.2) is 51.5 Å². The Kier molecular flexibility index (Phi) is 3.86. The van der Waals surface area contributed by atoms with Gasteiger partial charge >= 0.3 is 6.01 Å². The van der Waals surface area contributed by atoms with Gasteiger partial charge in [0.15, 0.2) is 0 Å². The molecular formula is C15H15N3O3. The fraction of sp³-hybridized carbons (Fsp3) is 0.200. The average molecular weight is 285 g/mol. The van der Waals surface area contributed by atoms with Crippen molar-refractivity contribution < 1.29 is 13.6 Å². The molecule has 0 radical (unpaired) electrons. The van der Waals surface area contributed by atoms with Crippen molar-refractivity contribution in [1.82, 2.24) is 10.2 Å². The summed E-state index contributed by atoms with van der Waals surface area (Å²) in [6, 6.07) is 11.6. The smallest absolute Gasteiger partial charge is 0.316 e. The van der Waals surface area contributed by atoms with Crippen molar-refractivity contribution in [2.24, 2.45) is 0 Å². The van der Waals surface area contributed by atoms with Crippen LogP contribution >= 0.6 is 0 Å². The van der Waals surface area contributed by atoms with Gasteiger partial charge in [0.2, 0.25) is 5.89 Å². The van der Waals surface area contributed by atoms with Crippen molar-refractivity contribution >= 4 is 6.01 Å². The molecule has 6 heteroatoms. The largest absolute Gasteiger partial charge is 0.494 e. The van der Waals surface area contributed by atoms with E-state index < -0.39 is 0 Å². The number of ether oxygens (including phenoxy) is 1. The van der Waals surface area contributed by atoms with E-state index in [9.17, 15) is 0 Å². The third-order valence-corrected chi connectivity index (χ3v) is 2.83. The molecule has 0 saturated heterocycles. The van der Waals surface area contributed by atoms with Gasteiger partial charge in [0, 0.05) is 5.56 Å². The molecule has 0 spiro atoms. The number of benzene rings is 1. The second-order valence-corrected chi connectivity index (χ2v) is 4.30. The molecule has 21 heavy (non-hydrogen) atoms. The van der Waals surface area contributed by atoms with Crippen LogP contribution in [0.1, 0.15) is 12.7 Å². The quantitative estimate of drug-likeness (QED) is 0.748. The number of anilines is 1. The lowest BCUT2D eigenvalue weighted by molar-refractivity contribution is 0.340. The van der Waals surface area contributed by atoms with Gasteiger partial charge < -0.3 is 18.9 Å². The Hall–Kier alpha value is -2.76. The van der Waals surface area contributed by atoms with Crippen LogP contribution in [0, 0.1) is 0 Å². The Labute approximate surface area is 121 Å². The van der Waals surface area contributed by atoms with Crippen LogP contribution in [0.5, 0.6) is 5.75 Å². The standard InChI is InChI=1S/C15H15N3O3/c1-2-19-12-7-5-11(6-8-12)14-17-18-15(21-14)16-10-13-4-3-9-20-13/h3-9H,2,10H2,1H3,(H,16,18). The Morgan fingerprint density at radius 1 is 1.14 bits per heavy atom. The lowest BCUT2D eigenvalue weighted by Crippen LogP contribution is -1.97. The van der Waals surface area contributed by atoms with Crippen molar-refractivity contribution in [2.75, 3.05) is 11.9 Å². The van der Waals surface area contributed by atoms with E-state index in [-0.39, 0.29) is 0 Å². The zero-order chi connectivity index (χ0) is 14.5. The molecule has 0 aliphatic rings. The van der Waals surface area contributed by atoms with Gasteiger partial charge in [0.25, 0.3) is 0 Å². The van der Waals surface area contributed by atoms with Crippen LogP contribution in [0.2, 0.25) is 0 Å². The summed E-state index contributed by atoms with van der Waals surface area (Å²) in [7, 11) is 0.